The Labute approximate surface area is 171 Å². The Morgan fingerprint density at radius 1 is 1.19 bits per heavy atom. The van der Waals surface area contributed by atoms with Gasteiger partial charge in [0, 0.05) is 28.9 Å². The molecule has 0 spiro atoms. The molecule has 0 saturated carbocycles. The van der Waals surface area contributed by atoms with Crippen molar-refractivity contribution >= 4 is 61.9 Å². The van der Waals surface area contributed by atoms with Gasteiger partial charge in [-0.2, -0.15) is 0 Å². The summed E-state index contributed by atoms with van der Waals surface area (Å²) in [5, 5.41) is 7.11. The summed E-state index contributed by atoms with van der Waals surface area (Å²) < 4.78 is 11.5. The van der Waals surface area contributed by atoms with Crippen molar-refractivity contribution < 1.29 is 14.3 Å². The summed E-state index contributed by atoms with van der Waals surface area (Å²) in [5.41, 5.74) is 0.706. The zero-order valence-corrected chi connectivity index (χ0v) is 16.8. The Hall–Kier alpha value is -2.19. The lowest BCUT2D eigenvalue weighted by molar-refractivity contribution is 0.0982. The number of hydrogen-bond donors (Lipinski definition) is 2. The molecule has 0 unspecified atom stereocenters. The third kappa shape index (κ3) is 4.95. The first kappa shape index (κ1) is 19.6. The Kier molecular flexibility index (Phi) is 6.63. The molecule has 5 nitrogen and oxygen atoms in total. The number of rotatable bonds is 6. The van der Waals surface area contributed by atoms with Gasteiger partial charge >= 0.3 is 0 Å². The zero-order chi connectivity index (χ0) is 19.2. The van der Waals surface area contributed by atoms with Gasteiger partial charge in [-0.3, -0.25) is 10.1 Å². The number of thiocarbonyl (C=S) groups is 1. The maximum atomic E-state index is 12.5. The Morgan fingerprint density at radius 3 is 2.78 bits per heavy atom. The van der Waals surface area contributed by atoms with E-state index in [0.29, 0.717) is 34.6 Å². The molecule has 1 amide bonds. The van der Waals surface area contributed by atoms with Crippen molar-refractivity contribution in [1.82, 2.24) is 5.32 Å². The molecule has 0 aliphatic carbocycles. The number of thiophene rings is 1. The van der Waals surface area contributed by atoms with Crippen LogP contribution in [0.25, 0.3) is 10.1 Å². The molecular formula is C19H17ClN2O3S2. The van der Waals surface area contributed by atoms with Crippen LogP contribution in [0.3, 0.4) is 0 Å². The lowest BCUT2D eigenvalue weighted by Crippen LogP contribution is -2.33. The van der Waals surface area contributed by atoms with Gasteiger partial charge in [-0.05, 0) is 30.4 Å². The second kappa shape index (κ2) is 9.14. The summed E-state index contributed by atoms with van der Waals surface area (Å²) in [6.07, 6.45) is 0. The third-order valence-corrected chi connectivity index (χ3v) is 5.49. The van der Waals surface area contributed by atoms with Gasteiger partial charge in [0.15, 0.2) is 5.11 Å². The fourth-order valence-electron chi connectivity index (χ4n) is 2.39. The number of nitrogens with one attached hydrogen (secondary N) is 2. The molecule has 3 rings (SSSR count). The standard InChI is InChI=1S/C19H17ClN2O3S2/c1-24-9-10-25-13-6-4-5-12(11-13)21-19(26)22-18(23)17-16(20)14-7-2-3-8-15(14)27-17/h2-8,11H,9-10H2,1H3,(H2,21,22,23,26). The number of fused-ring (bicyclic) bond motifs is 1. The first-order valence-corrected chi connectivity index (χ1v) is 9.70. The maximum absolute atomic E-state index is 12.5. The number of carbonyl (C=O) groups is 1. The third-order valence-electron chi connectivity index (χ3n) is 3.62. The van der Waals surface area contributed by atoms with Gasteiger partial charge in [0.05, 0.1) is 11.6 Å². The van der Waals surface area contributed by atoms with E-state index in [1.54, 1.807) is 13.2 Å². The molecule has 1 aromatic heterocycles. The first-order chi connectivity index (χ1) is 13.1. The Bertz CT molecular complexity index is 974. The van der Waals surface area contributed by atoms with Crippen molar-refractivity contribution in [2.24, 2.45) is 0 Å². The number of amides is 1. The van der Waals surface area contributed by atoms with Crippen LogP contribution in [0.2, 0.25) is 5.02 Å². The van der Waals surface area contributed by atoms with Crippen LogP contribution in [0.1, 0.15) is 9.67 Å². The van der Waals surface area contributed by atoms with Crippen molar-refractivity contribution in [2.45, 2.75) is 0 Å². The molecule has 2 N–H and O–H groups in total. The molecule has 1 heterocycles. The van der Waals surface area contributed by atoms with Crippen LogP contribution in [0.15, 0.2) is 48.5 Å². The molecule has 0 aliphatic rings. The SMILES string of the molecule is COCCOc1cccc(NC(=S)NC(=O)c2sc3ccccc3c2Cl)c1. The van der Waals surface area contributed by atoms with Gasteiger partial charge in [-0.15, -0.1) is 11.3 Å². The van der Waals surface area contributed by atoms with Crippen molar-refractivity contribution in [3.8, 4) is 5.75 Å². The van der Waals surface area contributed by atoms with Crippen LogP contribution >= 0.6 is 35.2 Å². The normalized spacial score (nSPS) is 10.6. The average molecular weight is 421 g/mol. The van der Waals surface area contributed by atoms with E-state index in [0.717, 1.165) is 10.1 Å². The maximum Gasteiger partial charge on any atom is 0.269 e. The van der Waals surface area contributed by atoms with Crippen molar-refractivity contribution in [3.63, 3.8) is 0 Å². The van der Waals surface area contributed by atoms with E-state index in [4.69, 9.17) is 33.3 Å². The highest BCUT2D eigenvalue weighted by Gasteiger charge is 2.17. The minimum Gasteiger partial charge on any atom is -0.491 e. The number of anilines is 1. The van der Waals surface area contributed by atoms with Gasteiger partial charge in [-0.25, -0.2) is 0 Å². The van der Waals surface area contributed by atoms with E-state index in [2.05, 4.69) is 10.6 Å². The molecule has 0 fully saturated rings. The molecule has 140 valence electrons. The fraction of sp³-hybridized carbons (Fsp3) is 0.158. The van der Waals surface area contributed by atoms with Crippen LogP contribution in [0.5, 0.6) is 5.75 Å². The summed E-state index contributed by atoms with van der Waals surface area (Å²) in [4.78, 5) is 13.0. The molecule has 0 radical (unpaired) electrons. The van der Waals surface area contributed by atoms with Crippen LogP contribution in [-0.2, 0) is 4.74 Å². The van der Waals surface area contributed by atoms with Gasteiger partial charge in [-0.1, -0.05) is 35.9 Å². The number of carbonyl (C=O) groups excluding carboxylic acids is 1. The molecule has 0 atom stereocenters. The van der Waals surface area contributed by atoms with Crippen molar-refractivity contribution in [2.75, 3.05) is 25.6 Å². The molecule has 0 aliphatic heterocycles. The lowest BCUT2D eigenvalue weighted by atomic mass is 10.2. The highest BCUT2D eigenvalue weighted by molar-refractivity contribution is 7.80. The molecular weight excluding hydrogens is 404 g/mol. The summed E-state index contributed by atoms with van der Waals surface area (Å²) >= 11 is 12.9. The highest BCUT2D eigenvalue weighted by Crippen LogP contribution is 2.35. The largest absolute Gasteiger partial charge is 0.491 e. The van der Waals surface area contributed by atoms with Crippen LogP contribution < -0.4 is 15.4 Å². The summed E-state index contributed by atoms with van der Waals surface area (Å²) in [6, 6.07) is 14.9. The first-order valence-electron chi connectivity index (χ1n) is 8.09. The monoisotopic (exact) mass is 420 g/mol. The number of benzene rings is 2. The topological polar surface area (TPSA) is 59.6 Å². The van der Waals surface area contributed by atoms with E-state index in [1.165, 1.54) is 11.3 Å². The average Bonchev–Trinajstić information content (AvgIpc) is 2.99. The molecule has 0 bridgehead atoms. The minimum absolute atomic E-state index is 0.183. The molecule has 0 saturated heterocycles. The molecule has 27 heavy (non-hydrogen) atoms. The fourth-order valence-corrected chi connectivity index (χ4v) is 4.01. The van der Waals surface area contributed by atoms with Gasteiger partial charge < -0.3 is 14.8 Å². The number of halogens is 1. The highest BCUT2D eigenvalue weighted by atomic mass is 35.5. The van der Waals surface area contributed by atoms with Crippen LogP contribution in [0.4, 0.5) is 5.69 Å². The van der Waals surface area contributed by atoms with Crippen LogP contribution in [-0.4, -0.2) is 31.3 Å². The van der Waals surface area contributed by atoms with E-state index in [-0.39, 0.29) is 11.0 Å². The van der Waals surface area contributed by atoms with Gasteiger partial charge in [0.1, 0.15) is 17.2 Å². The smallest absolute Gasteiger partial charge is 0.269 e. The van der Waals surface area contributed by atoms with Gasteiger partial charge in [0.25, 0.3) is 5.91 Å². The molecule has 2 aromatic carbocycles. The van der Waals surface area contributed by atoms with Gasteiger partial charge in [0.2, 0.25) is 0 Å². The predicted molar refractivity (Wildman–Crippen MR) is 114 cm³/mol. The second-order valence-corrected chi connectivity index (χ2v) is 7.36. The Morgan fingerprint density at radius 2 is 2.00 bits per heavy atom. The lowest BCUT2D eigenvalue weighted by Gasteiger charge is -2.11. The van der Waals surface area contributed by atoms with E-state index in [9.17, 15) is 4.79 Å². The predicted octanol–water partition coefficient (Wildman–Crippen LogP) is 4.71. The van der Waals surface area contributed by atoms with E-state index in [1.807, 2.05) is 42.5 Å². The number of ether oxygens (including phenoxy) is 2. The second-order valence-electron chi connectivity index (χ2n) is 5.52. The summed E-state index contributed by atoms with van der Waals surface area (Å²) in [5.74, 6) is 0.338. The summed E-state index contributed by atoms with van der Waals surface area (Å²) in [7, 11) is 1.62. The van der Waals surface area contributed by atoms with E-state index >= 15 is 0 Å². The zero-order valence-electron chi connectivity index (χ0n) is 14.5. The van der Waals surface area contributed by atoms with E-state index < -0.39 is 0 Å². The number of hydrogen-bond acceptors (Lipinski definition) is 5. The minimum atomic E-state index is -0.341. The quantitative estimate of drug-likeness (QED) is 0.447. The summed E-state index contributed by atoms with van der Waals surface area (Å²) in [6.45, 7) is 0.952. The van der Waals surface area contributed by atoms with Crippen molar-refractivity contribution in [1.29, 1.82) is 0 Å². The number of methoxy groups -OCH3 is 1. The van der Waals surface area contributed by atoms with Crippen molar-refractivity contribution in [3.05, 3.63) is 58.4 Å². The van der Waals surface area contributed by atoms with Crippen LogP contribution in [0, 0.1) is 0 Å². The Balaban J connectivity index is 1.64. The molecule has 3 aromatic rings. The molecule has 8 heteroatoms.